The van der Waals surface area contributed by atoms with Crippen LogP contribution in [0.3, 0.4) is 0 Å². The fourth-order valence-corrected chi connectivity index (χ4v) is 2.36. The van der Waals surface area contributed by atoms with Crippen LogP contribution in [0.15, 0.2) is 35.6 Å². The lowest BCUT2D eigenvalue weighted by molar-refractivity contribution is 0.311. The molecule has 0 amide bonds. The van der Waals surface area contributed by atoms with E-state index in [1.165, 1.54) is 5.56 Å². The maximum absolute atomic E-state index is 5.54. The Morgan fingerprint density at radius 1 is 1.27 bits per heavy atom. The van der Waals surface area contributed by atoms with Crippen molar-refractivity contribution in [2.75, 3.05) is 32.1 Å². The monoisotopic (exact) mass is 473 g/mol. The standard InChI is InChI=1S/C18H27N5O2.HI/c1-5-19-18(20-10-9-14-12-21-23(3)13-14)22-15-7-8-16(25-6-2)17(11-15)24-4;/h7-8,11-13H,5-6,9-10H2,1-4H3,(H2,19,20,22);1H. The lowest BCUT2D eigenvalue weighted by Gasteiger charge is -2.14. The lowest BCUT2D eigenvalue weighted by atomic mass is 10.2. The van der Waals surface area contributed by atoms with Gasteiger partial charge in [0.25, 0.3) is 0 Å². The molecule has 7 nitrogen and oxygen atoms in total. The summed E-state index contributed by atoms with van der Waals surface area (Å²) in [5, 5.41) is 10.7. The third kappa shape index (κ3) is 6.74. The molecule has 0 aliphatic carbocycles. The third-order valence-corrected chi connectivity index (χ3v) is 3.50. The van der Waals surface area contributed by atoms with Gasteiger partial charge in [0, 0.05) is 38.1 Å². The Morgan fingerprint density at radius 2 is 2.08 bits per heavy atom. The van der Waals surface area contributed by atoms with Crippen molar-refractivity contribution in [3.63, 3.8) is 0 Å². The molecule has 1 aromatic heterocycles. The van der Waals surface area contributed by atoms with E-state index in [-0.39, 0.29) is 24.0 Å². The van der Waals surface area contributed by atoms with Crippen LogP contribution in [0.25, 0.3) is 0 Å². The molecule has 2 rings (SSSR count). The summed E-state index contributed by atoms with van der Waals surface area (Å²) >= 11 is 0. The van der Waals surface area contributed by atoms with Crippen LogP contribution in [0.1, 0.15) is 19.4 Å². The minimum absolute atomic E-state index is 0. The normalized spacial score (nSPS) is 10.8. The van der Waals surface area contributed by atoms with Crippen molar-refractivity contribution in [2.24, 2.45) is 12.0 Å². The van der Waals surface area contributed by atoms with Crippen molar-refractivity contribution in [3.8, 4) is 11.5 Å². The van der Waals surface area contributed by atoms with Gasteiger partial charge in [-0.2, -0.15) is 5.10 Å². The molecule has 2 N–H and O–H groups in total. The van der Waals surface area contributed by atoms with Gasteiger partial charge in [-0.15, -0.1) is 24.0 Å². The summed E-state index contributed by atoms with van der Waals surface area (Å²) in [4.78, 5) is 4.61. The zero-order chi connectivity index (χ0) is 18.1. The molecule has 0 bridgehead atoms. The van der Waals surface area contributed by atoms with E-state index in [0.717, 1.165) is 30.4 Å². The molecule has 2 aromatic rings. The van der Waals surface area contributed by atoms with Crippen molar-refractivity contribution < 1.29 is 9.47 Å². The molecule has 8 heteroatoms. The molecule has 1 heterocycles. The average molecular weight is 473 g/mol. The number of halogens is 1. The van der Waals surface area contributed by atoms with Crippen LogP contribution in [0, 0.1) is 0 Å². The van der Waals surface area contributed by atoms with E-state index in [1.54, 1.807) is 11.8 Å². The number of methoxy groups -OCH3 is 1. The van der Waals surface area contributed by atoms with Gasteiger partial charge in [0.15, 0.2) is 17.5 Å². The molecule has 0 spiro atoms. The van der Waals surface area contributed by atoms with Gasteiger partial charge >= 0.3 is 0 Å². The quantitative estimate of drug-likeness (QED) is 0.351. The molecule has 0 aliphatic rings. The van der Waals surface area contributed by atoms with Crippen molar-refractivity contribution in [3.05, 3.63) is 36.2 Å². The van der Waals surface area contributed by atoms with Gasteiger partial charge in [0.05, 0.1) is 19.9 Å². The van der Waals surface area contributed by atoms with E-state index >= 15 is 0 Å². The molecule has 1 aromatic carbocycles. The second-order valence-electron chi connectivity index (χ2n) is 5.46. The van der Waals surface area contributed by atoms with E-state index < -0.39 is 0 Å². The topological polar surface area (TPSA) is 72.7 Å². The molecular formula is C18H28IN5O2. The maximum atomic E-state index is 5.54. The molecular weight excluding hydrogens is 445 g/mol. The number of aromatic nitrogens is 2. The Bertz CT molecular complexity index is 703. The highest BCUT2D eigenvalue weighted by Gasteiger charge is 2.07. The minimum atomic E-state index is 0. The van der Waals surface area contributed by atoms with E-state index in [0.29, 0.717) is 18.9 Å². The van der Waals surface area contributed by atoms with Gasteiger partial charge in [0.1, 0.15) is 0 Å². The Labute approximate surface area is 172 Å². The average Bonchev–Trinajstić information content (AvgIpc) is 3.02. The van der Waals surface area contributed by atoms with Crippen molar-refractivity contribution >= 4 is 35.6 Å². The predicted molar refractivity (Wildman–Crippen MR) is 116 cm³/mol. The number of guanidine groups is 1. The van der Waals surface area contributed by atoms with Crippen LogP contribution in [0.5, 0.6) is 11.5 Å². The highest BCUT2D eigenvalue weighted by Crippen LogP contribution is 2.30. The number of benzene rings is 1. The maximum Gasteiger partial charge on any atom is 0.195 e. The summed E-state index contributed by atoms with van der Waals surface area (Å²) in [5.41, 5.74) is 2.06. The van der Waals surface area contributed by atoms with Crippen LogP contribution in [-0.4, -0.2) is 42.5 Å². The third-order valence-electron chi connectivity index (χ3n) is 3.50. The highest BCUT2D eigenvalue weighted by atomic mass is 127. The molecule has 0 radical (unpaired) electrons. The fourth-order valence-electron chi connectivity index (χ4n) is 2.36. The molecule has 0 aliphatic heterocycles. The van der Waals surface area contributed by atoms with Gasteiger partial charge in [-0.05, 0) is 38.0 Å². The van der Waals surface area contributed by atoms with E-state index in [4.69, 9.17) is 9.47 Å². The summed E-state index contributed by atoms with van der Waals surface area (Å²) in [5.74, 6) is 2.16. The first-order valence-corrected chi connectivity index (χ1v) is 8.50. The van der Waals surface area contributed by atoms with Crippen LogP contribution >= 0.6 is 24.0 Å². The first-order valence-electron chi connectivity index (χ1n) is 8.50. The number of ether oxygens (including phenoxy) is 2. The number of nitrogens with zero attached hydrogens (tertiary/aromatic N) is 3. The second-order valence-corrected chi connectivity index (χ2v) is 5.46. The van der Waals surface area contributed by atoms with Crippen molar-refractivity contribution in [1.29, 1.82) is 0 Å². The van der Waals surface area contributed by atoms with Crippen LogP contribution in [0.2, 0.25) is 0 Å². The number of aliphatic imine (C=N–C) groups is 1. The summed E-state index contributed by atoms with van der Waals surface area (Å²) in [6, 6.07) is 5.74. The van der Waals surface area contributed by atoms with Gasteiger partial charge in [-0.1, -0.05) is 0 Å². The summed E-state index contributed by atoms with van der Waals surface area (Å²) in [6.07, 6.45) is 4.72. The SMILES string of the molecule is CCNC(=NCCc1cnn(C)c1)Nc1ccc(OCC)c(OC)c1.I. The molecule has 0 fully saturated rings. The summed E-state index contributed by atoms with van der Waals surface area (Å²) < 4.78 is 12.7. The second kappa shape index (κ2) is 11.6. The highest BCUT2D eigenvalue weighted by molar-refractivity contribution is 14.0. The number of hydrogen-bond donors (Lipinski definition) is 2. The molecule has 0 unspecified atom stereocenters. The van der Waals surface area contributed by atoms with E-state index in [1.807, 2.05) is 51.5 Å². The zero-order valence-electron chi connectivity index (χ0n) is 15.8. The van der Waals surface area contributed by atoms with Crippen molar-refractivity contribution in [2.45, 2.75) is 20.3 Å². The van der Waals surface area contributed by atoms with E-state index in [2.05, 4.69) is 20.7 Å². The van der Waals surface area contributed by atoms with Gasteiger partial charge < -0.3 is 20.1 Å². The molecule has 0 atom stereocenters. The molecule has 144 valence electrons. The first-order chi connectivity index (χ1) is 12.2. The number of anilines is 1. The molecule has 0 saturated carbocycles. The Morgan fingerprint density at radius 3 is 2.69 bits per heavy atom. The van der Waals surface area contributed by atoms with Crippen molar-refractivity contribution in [1.82, 2.24) is 15.1 Å². The number of aryl methyl sites for hydroxylation is 1. The lowest BCUT2D eigenvalue weighted by Crippen LogP contribution is -2.30. The van der Waals surface area contributed by atoms with Crippen LogP contribution in [-0.2, 0) is 13.5 Å². The number of nitrogens with one attached hydrogen (secondary N) is 2. The van der Waals surface area contributed by atoms with E-state index in [9.17, 15) is 0 Å². The zero-order valence-corrected chi connectivity index (χ0v) is 18.1. The number of hydrogen-bond acceptors (Lipinski definition) is 4. The predicted octanol–water partition coefficient (Wildman–Crippen LogP) is 3.07. The Hall–Kier alpha value is -1.97. The smallest absolute Gasteiger partial charge is 0.195 e. The molecule has 0 saturated heterocycles. The Balaban J connectivity index is 0.00000338. The first kappa shape index (κ1) is 22.1. The Kier molecular flexibility index (Phi) is 9.85. The minimum Gasteiger partial charge on any atom is -0.493 e. The van der Waals surface area contributed by atoms with Gasteiger partial charge in [-0.25, -0.2) is 0 Å². The fraction of sp³-hybridized carbons (Fsp3) is 0.444. The van der Waals surface area contributed by atoms with Crippen LogP contribution in [0.4, 0.5) is 5.69 Å². The largest absolute Gasteiger partial charge is 0.493 e. The summed E-state index contributed by atoms with van der Waals surface area (Å²) in [6.45, 7) is 6.05. The number of rotatable bonds is 8. The van der Waals surface area contributed by atoms with Gasteiger partial charge in [0.2, 0.25) is 0 Å². The molecule has 26 heavy (non-hydrogen) atoms. The van der Waals surface area contributed by atoms with Gasteiger partial charge in [-0.3, -0.25) is 9.67 Å². The van der Waals surface area contributed by atoms with Crippen LogP contribution < -0.4 is 20.1 Å². The summed E-state index contributed by atoms with van der Waals surface area (Å²) in [7, 11) is 3.55.